The van der Waals surface area contributed by atoms with Crippen LogP contribution in [0.4, 0.5) is 0 Å². The van der Waals surface area contributed by atoms with Crippen molar-refractivity contribution < 1.29 is 9.84 Å². The van der Waals surface area contributed by atoms with Crippen LogP contribution in [0.1, 0.15) is 38.9 Å². The highest BCUT2D eigenvalue weighted by molar-refractivity contribution is 5.29. The lowest BCUT2D eigenvalue weighted by Crippen LogP contribution is -2.47. The fraction of sp³-hybridized carbons (Fsp3) is 0.647. The van der Waals surface area contributed by atoms with Crippen LogP contribution in [0.25, 0.3) is 0 Å². The predicted molar refractivity (Wildman–Crippen MR) is 81.9 cm³/mol. The van der Waals surface area contributed by atoms with Crippen molar-refractivity contribution in [2.24, 2.45) is 11.8 Å². The highest BCUT2D eigenvalue weighted by atomic mass is 16.5. The maximum atomic E-state index is 10.5. The Morgan fingerprint density at radius 2 is 2.10 bits per heavy atom. The molecule has 0 aliphatic carbocycles. The van der Waals surface area contributed by atoms with Crippen molar-refractivity contribution >= 4 is 0 Å². The maximum absolute atomic E-state index is 10.5. The van der Waals surface area contributed by atoms with Crippen LogP contribution in [-0.4, -0.2) is 36.2 Å². The van der Waals surface area contributed by atoms with Gasteiger partial charge in [0, 0.05) is 19.1 Å². The Morgan fingerprint density at radius 3 is 2.80 bits per heavy atom. The van der Waals surface area contributed by atoms with Gasteiger partial charge in [-0.3, -0.25) is 4.90 Å². The number of benzene rings is 1. The van der Waals surface area contributed by atoms with Crippen LogP contribution in [0.2, 0.25) is 0 Å². The van der Waals surface area contributed by atoms with Crippen LogP contribution in [0, 0.1) is 11.8 Å². The number of piperidine rings is 1. The average Bonchev–Trinajstić information content (AvgIpc) is 2.44. The first-order valence-electron chi connectivity index (χ1n) is 7.57. The van der Waals surface area contributed by atoms with E-state index in [1.807, 2.05) is 24.3 Å². The summed E-state index contributed by atoms with van der Waals surface area (Å²) in [4.78, 5) is 2.42. The molecule has 0 saturated carbocycles. The number of ether oxygens (including phenoxy) is 1. The van der Waals surface area contributed by atoms with E-state index in [9.17, 15) is 5.11 Å². The number of likely N-dealkylation sites (tertiary alicyclic amines) is 1. The van der Waals surface area contributed by atoms with Gasteiger partial charge in [-0.25, -0.2) is 0 Å². The molecular formula is C17H27NO2. The lowest BCUT2D eigenvalue weighted by molar-refractivity contribution is 0.0315. The molecule has 112 valence electrons. The minimum absolute atomic E-state index is 0.454. The van der Waals surface area contributed by atoms with Crippen molar-refractivity contribution in [3.05, 3.63) is 29.8 Å². The Hall–Kier alpha value is -1.06. The molecule has 3 nitrogen and oxygen atoms in total. The van der Waals surface area contributed by atoms with Crippen LogP contribution >= 0.6 is 0 Å². The van der Waals surface area contributed by atoms with E-state index < -0.39 is 6.10 Å². The fourth-order valence-corrected chi connectivity index (χ4v) is 3.25. The van der Waals surface area contributed by atoms with Crippen LogP contribution in [0.5, 0.6) is 5.75 Å². The third-order valence-electron chi connectivity index (χ3n) is 4.61. The molecule has 0 amide bonds. The topological polar surface area (TPSA) is 32.7 Å². The smallest absolute Gasteiger partial charge is 0.119 e. The van der Waals surface area contributed by atoms with Crippen molar-refractivity contribution in [1.29, 1.82) is 0 Å². The van der Waals surface area contributed by atoms with Crippen molar-refractivity contribution in [3.63, 3.8) is 0 Å². The molecule has 0 bridgehead atoms. The Morgan fingerprint density at radius 1 is 1.35 bits per heavy atom. The molecule has 1 heterocycles. The van der Waals surface area contributed by atoms with Gasteiger partial charge in [0.1, 0.15) is 5.75 Å². The Kier molecular flexibility index (Phi) is 5.06. The minimum atomic E-state index is -0.454. The molecule has 1 aliphatic rings. The summed E-state index contributed by atoms with van der Waals surface area (Å²) in [5.41, 5.74) is 0.933. The van der Waals surface area contributed by atoms with E-state index in [0.29, 0.717) is 24.4 Å². The second-order valence-corrected chi connectivity index (χ2v) is 6.31. The van der Waals surface area contributed by atoms with Gasteiger partial charge >= 0.3 is 0 Å². The highest BCUT2D eigenvalue weighted by Crippen LogP contribution is 2.29. The van der Waals surface area contributed by atoms with E-state index in [4.69, 9.17) is 4.74 Å². The second-order valence-electron chi connectivity index (χ2n) is 6.31. The van der Waals surface area contributed by atoms with Gasteiger partial charge in [0.25, 0.3) is 0 Å². The van der Waals surface area contributed by atoms with Gasteiger partial charge in [-0.1, -0.05) is 26.0 Å². The van der Waals surface area contributed by atoms with Crippen LogP contribution < -0.4 is 4.74 Å². The van der Waals surface area contributed by atoms with Gasteiger partial charge in [-0.05, 0) is 42.9 Å². The van der Waals surface area contributed by atoms with Gasteiger partial charge in [-0.2, -0.15) is 0 Å². The first-order chi connectivity index (χ1) is 9.51. The monoisotopic (exact) mass is 277 g/mol. The van der Waals surface area contributed by atoms with E-state index in [1.54, 1.807) is 7.11 Å². The summed E-state index contributed by atoms with van der Waals surface area (Å²) in [6.07, 6.45) is 0.831. The maximum Gasteiger partial charge on any atom is 0.119 e. The lowest BCUT2D eigenvalue weighted by atomic mass is 9.85. The van der Waals surface area contributed by atoms with Crippen molar-refractivity contribution in [2.45, 2.75) is 39.3 Å². The lowest BCUT2D eigenvalue weighted by Gasteiger charge is -2.42. The van der Waals surface area contributed by atoms with Crippen LogP contribution in [0.3, 0.4) is 0 Å². The number of aliphatic hydroxyl groups excluding tert-OH is 1. The van der Waals surface area contributed by atoms with Crippen molar-refractivity contribution in [3.8, 4) is 5.75 Å². The number of methoxy groups -OCH3 is 1. The van der Waals surface area contributed by atoms with Crippen LogP contribution in [0.15, 0.2) is 24.3 Å². The molecule has 2 rings (SSSR count). The average molecular weight is 277 g/mol. The highest BCUT2D eigenvalue weighted by Gasteiger charge is 2.30. The normalized spacial score (nSPS) is 29.1. The number of β-amino-alcohol motifs (C(OH)–C–C–N with tert-alkyl or cyclic N) is 1. The van der Waals surface area contributed by atoms with E-state index >= 15 is 0 Å². The van der Waals surface area contributed by atoms with E-state index in [-0.39, 0.29) is 0 Å². The predicted octanol–water partition coefficient (Wildman–Crippen LogP) is 3.10. The zero-order valence-corrected chi connectivity index (χ0v) is 13.0. The molecule has 0 radical (unpaired) electrons. The van der Waals surface area contributed by atoms with E-state index in [0.717, 1.165) is 17.9 Å². The molecule has 20 heavy (non-hydrogen) atoms. The third kappa shape index (κ3) is 3.53. The molecule has 4 atom stereocenters. The summed E-state index contributed by atoms with van der Waals surface area (Å²) in [6.45, 7) is 8.66. The summed E-state index contributed by atoms with van der Waals surface area (Å²) in [5.74, 6) is 2.20. The molecule has 1 aliphatic heterocycles. The molecular weight excluding hydrogens is 250 g/mol. The number of hydrogen-bond acceptors (Lipinski definition) is 3. The summed E-state index contributed by atoms with van der Waals surface area (Å²) in [6, 6.07) is 8.26. The standard InChI is InChI=1S/C17H27NO2/c1-12-8-13(2)14(3)18(10-12)11-17(19)15-6-5-7-16(9-15)20-4/h5-7,9,12-14,17,19H,8,10-11H2,1-4H3. The zero-order chi connectivity index (χ0) is 14.7. The summed E-state index contributed by atoms with van der Waals surface area (Å²) < 4.78 is 5.23. The number of rotatable bonds is 4. The summed E-state index contributed by atoms with van der Waals surface area (Å²) >= 11 is 0. The molecule has 1 aromatic carbocycles. The van der Waals surface area contributed by atoms with Crippen molar-refractivity contribution in [2.75, 3.05) is 20.2 Å². The van der Waals surface area contributed by atoms with Crippen LogP contribution in [-0.2, 0) is 0 Å². The Balaban J connectivity index is 2.04. The molecule has 1 saturated heterocycles. The second kappa shape index (κ2) is 6.59. The number of hydrogen-bond donors (Lipinski definition) is 1. The quantitative estimate of drug-likeness (QED) is 0.918. The van der Waals surface area contributed by atoms with Gasteiger partial charge in [-0.15, -0.1) is 0 Å². The van der Waals surface area contributed by atoms with E-state index in [2.05, 4.69) is 25.7 Å². The summed E-state index contributed by atoms with van der Waals surface area (Å²) in [7, 11) is 1.65. The van der Waals surface area contributed by atoms with E-state index in [1.165, 1.54) is 6.42 Å². The Bertz CT molecular complexity index is 435. The molecule has 1 aromatic rings. The first-order valence-corrected chi connectivity index (χ1v) is 7.57. The third-order valence-corrected chi connectivity index (χ3v) is 4.61. The fourth-order valence-electron chi connectivity index (χ4n) is 3.25. The zero-order valence-electron chi connectivity index (χ0n) is 13.0. The molecule has 0 spiro atoms. The first kappa shape index (κ1) is 15.3. The molecule has 4 unspecified atom stereocenters. The SMILES string of the molecule is COc1cccc(C(O)CN2CC(C)CC(C)C2C)c1. The number of nitrogens with zero attached hydrogens (tertiary/aromatic N) is 1. The molecule has 0 aromatic heterocycles. The van der Waals surface area contributed by atoms with Gasteiger partial charge in [0.05, 0.1) is 13.2 Å². The molecule has 1 fully saturated rings. The Labute approximate surface area is 122 Å². The summed E-state index contributed by atoms with van der Waals surface area (Å²) in [5, 5.41) is 10.5. The molecule has 1 N–H and O–H groups in total. The number of aliphatic hydroxyl groups is 1. The molecule has 3 heteroatoms. The van der Waals surface area contributed by atoms with Gasteiger partial charge < -0.3 is 9.84 Å². The largest absolute Gasteiger partial charge is 0.497 e. The van der Waals surface area contributed by atoms with Gasteiger partial charge in [0.15, 0.2) is 0 Å². The van der Waals surface area contributed by atoms with Crippen molar-refractivity contribution in [1.82, 2.24) is 4.90 Å². The minimum Gasteiger partial charge on any atom is -0.497 e. The van der Waals surface area contributed by atoms with Gasteiger partial charge in [0.2, 0.25) is 0 Å².